The molecule has 0 fully saturated rings. The maximum absolute atomic E-state index is 12.9. The van der Waals surface area contributed by atoms with Crippen molar-refractivity contribution in [2.75, 3.05) is 5.32 Å². The molecule has 0 aliphatic rings. The predicted octanol–water partition coefficient (Wildman–Crippen LogP) is 3.97. The number of anilines is 1. The number of para-hydroxylation sites is 1. The molecule has 0 aliphatic carbocycles. The zero-order valence-electron chi connectivity index (χ0n) is 16.2. The lowest BCUT2D eigenvalue weighted by molar-refractivity contribution is -0.119. The number of carbonyl (C=O) groups is 1. The molecule has 1 N–H and O–H groups in total. The monoisotopic (exact) mass is 384 g/mol. The highest BCUT2D eigenvalue weighted by atomic mass is 16.2. The molecular formula is C23H20N4O2. The van der Waals surface area contributed by atoms with Gasteiger partial charge in [0.05, 0.1) is 16.9 Å². The number of rotatable bonds is 4. The SMILES string of the molecule is Cc1cc(NC(=O)C(C)n2nc(-c3ccccc3)ccc2=O)c2ccccc2n1. The molecule has 4 aromatic rings. The highest BCUT2D eigenvalue weighted by Gasteiger charge is 2.19. The van der Waals surface area contributed by atoms with E-state index in [0.717, 1.165) is 22.2 Å². The van der Waals surface area contributed by atoms with Gasteiger partial charge in [-0.25, -0.2) is 4.68 Å². The predicted molar refractivity (Wildman–Crippen MR) is 114 cm³/mol. The number of hydrogen-bond donors (Lipinski definition) is 1. The Bertz CT molecular complexity index is 1250. The Balaban J connectivity index is 1.66. The first-order chi connectivity index (χ1) is 14.0. The van der Waals surface area contributed by atoms with E-state index in [1.807, 2.05) is 67.6 Å². The van der Waals surface area contributed by atoms with Crippen LogP contribution in [0.5, 0.6) is 0 Å². The van der Waals surface area contributed by atoms with E-state index in [9.17, 15) is 9.59 Å². The Morgan fingerprint density at radius 3 is 2.52 bits per heavy atom. The van der Waals surface area contributed by atoms with E-state index in [1.54, 1.807) is 13.0 Å². The summed E-state index contributed by atoms with van der Waals surface area (Å²) in [6.07, 6.45) is 0. The molecule has 4 rings (SSSR count). The number of aromatic nitrogens is 3. The molecule has 0 saturated carbocycles. The first-order valence-electron chi connectivity index (χ1n) is 9.35. The van der Waals surface area contributed by atoms with Crippen LogP contribution in [0, 0.1) is 6.92 Å². The molecule has 144 valence electrons. The summed E-state index contributed by atoms with van der Waals surface area (Å²) < 4.78 is 1.22. The van der Waals surface area contributed by atoms with E-state index in [2.05, 4.69) is 15.4 Å². The second-order valence-electron chi connectivity index (χ2n) is 6.86. The van der Waals surface area contributed by atoms with Crippen LogP contribution < -0.4 is 10.9 Å². The van der Waals surface area contributed by atoms with E-state index in [-0.39, 0.29) is 11.5 Å². The van der Waals surface area contributed by atoms with Gasteiger partial charge in [0, 0.05) is 22.7 Å². The van der Waals surface area contributed by atoms with Gasteiger partial charge in [-0.15, -0.1) is 0 Å². The minimum absolute atomic E-state index is 0.319. The minimum atomic E-state index is -0.779. The number of nitrogens with one attached hydrogen (secondary N) is 1. The first kappa shape index (κ1) is 18.6. The summed E-state index contributed by atoms with van der Waals surface area (Å²) >= 11 is 0. The molecular weight excluding hydrogens is 364 g/mol. The molecule has 6 heteroatoms. The van der Waals surface area contributed by atoms with E-state index >= 15 is 0 Å². The zero-order valence-corrected chi connectivity index (χ0v) is 16.2. The third-order valence-electron chi connectivity index (χ3n) is 4.74. The fourth-order valence-corrected chi connectivity index (χ4v) is 3.23. The molecule has 1 unspecified atom stereocenters. The maximum Gasteiger partial charge on any atom is 0.267 e. The van der Waals surface area contributed by atoms with Crippen molar-refractivity contribution in [2.24, 2.45) is 0 Å². The lowest BCUT2D eigenvalue weighted by atomic mass is 10.1. The van der Waals surface area contributed by atoms with Gasteiger partial charge in [0.15, 0.2) is 0 Å². The van der Waals surface area contributed by atoms with Crippen molar-refractivity contribution in [1.82, 2.24) is 14.8 Å². The summed E-state index contributed by atoms with van der Waals surface area (Å²) in [5.74, 6) is -0.319. The van der Waals surface area contributed by atoms with E-state index in [0.29, 0.717) is 11.4 Å². The van der Waals surface area contributed by atoms with Crippen molar-refractivity contribution in [2.45, 2.75) is 19.9 Å². The Kier molecular flexibility index (Phi) is 4.91. The largest absolute Gasteiger partial charge is 0.324 e. The quantitative estimate of drug-likeness (QED) is 0.578. The van der Waals surface area contributed by atoms with Crippen LogP contribution in [0.15, 0.2) is 77.6 Å². The van der Waals surface area contributed by atoms with E-state index < -0.39 is 6.04 Å². The van der Waals surface area contributed by atoms with Crippen molar-refractivity contribution in [1.29, 1.82) is 0 Å². The van der Waals surface area contributed by atoms with Crippen LogP contribution >= 0.6 is 0 Å². The molecule has 1 atom stereocenters. The first-order valence-corrected chi connectivity index (χ1v) is 9.35. The summed E-state index contributed by atoms with van der Waals surface area (Å²) in [4.78, 5) is 29.8. The Morgan fingerprint density at radius 2 is 1.72 bits per heavy atom. The normalized spacial score (nSPS) is 11.9. The van der Waals surface area contributed by atoms with Crippen molar-refractivity contribution in [3.8, 4) is 11.3 Å². The van der Waals surface area contributed by atoms with Crippen LogP contribution in [-0.2, 0) is 4.79 Å². The van der Waals surface area contributed by atoms with Gasteiger partial charge in [0.2, 0.25) is 5.91 Å². The molecule has 2 aromatic carbocycles. The number of amides is 1. The topological polar surface area (TPSA) is 76.9 Å². The molecule has 6 nitrogen and oxygen atoms in total. The van der Waals surface area contributed by atoms with Crippen molar-refractivity contribution >= 4 is 22.5 Å². The Morgan fingerprint density at radius 1 is 1.00 bits per heavy atom. The minimum Gasteiger partial charge on any atom is -0.324 e. The lowest BCUT2D eigenvalue weighted by Crippen LogP contribution is -2.33. The number of fused-ring (bicyclic) bond motifs is 1. The van der Waals surface area contributed by atoms with Crippen LogP contribution in [0.2, 0.25) is 0 Å². The molecule has 0 aliphatic heterocycles. The average molecular weight is 384 g/mol. The summed E-state index contributed by atoms with van der Waals surface area (Å²) in [5, 5.41) is 8.19. The van der Waals surface area contributed by atoms with Crippen molar-refractivity contribution < 1.29 is 4.79 Å². The molecule has 1 amide bonds. The van der Waals surface area contributed by atoms with Crippen molar-refractivity contribution in [3.05, 3.63) is 88.8 Å². The molecule has 0 radical (unpaired) electrons. The molecule has 2 heterocycles. The van der Waals surface area contributed by atoms with Gasteiger partial charge in [0.1, 0.15) is 6.04 Å². The highest BCUT2D eigenvalue weighted by molar-refractivity contribution is 6.02. The van der Waals surface area contributed by atoms with Crippen LogP contribution in [-0.4, -0.2) is 20.7 Å². The zero-order chi connectivity index (χ0) is 20.4. The maximum atomic E-state index is 12.9. The van der Waals surface area contributed by atoms with Crippen LogP contribution in [0.25, 0.3) is 22.2 Å². The Labute approximate surface area is 167 Å². The number of benzene rings is 2. The smallest absolute Gasteiger partial charge is 0.267 e. The second kappa shape index (κ2) is 7.67. The van der Waals surface area contributed by atoms with Gasteiger partial charge >= 0.3 is 0 Å². The van der Waals surface area contributed by atoms with E-state index in [1.165, 1.54) is 10.7 Å². The van der Waals surface area contributed by atoms with Gasteiger partial charge in [-0.2, -0.15) is 5.10 Å². The molecule has 0 saturated heterocycles. The third-order valence-corrected chi connectivity index (χ3v) is 4.74. The Hall–Kier alpha value is -3.80. The van der Waals surface area contributed by atoms with Crippen LogP contribution in [0.1, 0.15) is 18.7 Å². The van der Waals surface area contributed by atoms with Gasteiger partial charge in [0.25, 0.3) is 5.56 Å². The number of aryl methyl sites for hydroxylation is 1. The third kappa shape index (κ3) is 3.78. The number of hydrogen-bond acceptors (Lipinski definition) is 4. The molecule has 0 bridgehead atoms. The molecule has 2 aromatic heterocycles. The van der Waals surface area contributed by atoms with Crippen LogP contribution in [0.4, 0.5) is 5.69 Å². The van der Waals surface area contributed by atoms with Gasteiger partial charge in [-0.05, 0) is 32.0 Å². The summed E-state index contributed by atoms with van der Waals surface area (Å²) in [7, 11) is 0. The second-order valence-corrected chi connectivity index (χ2v) is 6.86. The van der Waals surface area contributed by atoms with Gasteiger partial charge in [-0.1, -0.05) is 48.5 Å². The van der Waals surface area contributed by atoms with E-state index in [4.69, 9.17) is 0 Å². The lowest BCUT2D eigenvalue weighted by Gasteiger charge is -2.16. The average Bonchev–Trinajstić information content (AvgIpc) is 2.74. The summed E-state index contributed by atoms with van der Waals surface area (Å²) in [6, 6.07) is 21.3. The van der Waals surface area contributed by atoms with Crippen LogP contribution in [0.3, 0.4) is 0 Å². The number of carbonyl (C=O) groups excluding carboxylic acids is 1. The van der Waals surface area contributed by atoms with Gasteiger partial charge < -0.3 is 5.32 Å². The molecule has 29 heavy (non-hydrogen) atoms. The van der Waals surface area contributed by atoms with Gasteiger partial charge in [-0.3, -0.25) is 14.6 Å². The highest BCUT2D eigenvalue weighted by Crippen LogP contribution is 2.24. The number of pyridine rings is 1. The fourth-order valence-electron chi connectivity index (χ4n) is 3.23. The fraction of sp³-hybridized carbons (Fsp3) is 0.130. The number of nitrogens with zero attached hydrogens (tertiary/aromatic N) is 3. The summed E-state index contributed by atoms with van der Waals surface area (Å²) in [5.41, 5.74) is 3.45. The summed E-state index contributed by atoms with van der Waals surface area (Å²) in [6.45, 7) is 3.54. The van der Waals surface area contributed by atoms with Crippen molar-refractivity contribution in [3.63, 3.8) is 0 Å². The standard InChI is InChI=1S/C23H20N4O2/c1-15-14-21(18-10-6-7-11-20(18)24-15)25-23(29)16(2)27-22(28)13-12-19(26-27)17-8-4-3-5-9-17/h3-14,16H,1-2H3,(H,24,25,29). The molecule has 0 spiro atoms.